The third-order valence-electron chi connectivity index (χ3n) is 3.33. The number of rotatable bonds is 8. The second-order valence-electron chi connectivity index (χ2n) is 5.68. The number of aliphatic carboxylic acids is 1. The van der Waals surface area contributed by atoms with E-state index in [-0.39, 0.29) is 6.03 Å². The van der Waals surface area contributed by atoms with Gasteiger partial charge in [-0.25, -0.2) is 9.59 Å². The number of carbonyl (C=O) groups excluding carboxylic acids is 1. The van der Waals surface area contributed by atoms with Crippen LogP contribution in [-0.2, 0) is 4.79 Å². The maximum atomic E-state index is 12.6. The molecular weight excluding hydrogens is 258 g/mol. The SMILES string of the molecule is CCCN(CCN(C)C)C(=O)N(CC)C(C)(C)C(=O)O. The highest BCUT2D eigenvalue weighted by molar-refractivity contribution is 5.85. The number of carbonyl (C=O) groups is 2. The van der Waals surface area contributed by atoms with Crippen LogP contribution >= 0.6 is 0 Å². The molecule has 0 saturated heterocycles. The fraction of sp³-hybridized carbons (Fsp3) is 0.857. The predicted octanol–water partition coefficient (Wildman–Crippen LogP) is 1.57. The van der Waals surface area contributed by atoms with Crippen LogP contribution in [0.5, 0.6) is 0 Å². The first-order valence-corrected chi connectivity index (χ1v) is 7.13. The van der Waals surface area contributed by atoms with E-state index in [0.717, 1.165) is 13.0 Å². The standard InChI is InChI=1S/C14H29N3O3/c1-7-9-16(11-10-15(5)6)13(20)17(8-2)14(3,4)12(18)19/h7-11H2,1-6H3,(H,18,19). The number of urea groups is 1. The third kappa shape index (κ3) is 5.00. The number of hydrogen-bond acceptors (Lipinski definition) is 3. The van der Waals surface area contributed by atoms with Crippen molar-refractivity contribution in [1.29, 1.82) is 0 Å². The maximum absolute atomic E-state index is 12.6. The molecule has 20 heavy (non-hydrogen) atoms. The molecule has 2 amide bonds. The van der Waals surface area contributed by atoms with Gasteiger partial charge in [0.2, 0.25) is 0 Å². The van der Waals surface area contributed by atoms with E-state index >= 15 is 0 Å². The first-order valence-electron chi connectivity index (χ1n) is 7.13. The Morgan fingerprint density at radius 1 is 1.05 bits per heavy atom. The van der Waals surface area contributed by atoms with Gasteiger partial charge in [0.1, 0.15) is 5.54 Å². The molecular formula is C14H29N3O3. The molecule has 6 heteroatoms. The first-order chi connectivity index (χ1) is 9.18. The number of carboxylic acids is 1. The Hall–Kier alpha value is -1.30. The second-order valence-corrected chi connectivity index (χ2v) is 5.68. The van der Waals surface area contributed by atoms with Gasteiger partial charge >= 0.3 is 12.0 Å². The maximum Gasteiger partial charge on any atom is 0.329 e. The van der Waals surface area contributed by atoms with Gasteiger partial charge in [0.05, 0.1) is 0 Å². The minimum atomic E-state index is -1.20. The van der Waals surface area contributed by atoms with Gasteiger partial charge in [-0.3, -0.25) is 0 Å². The van der Waals surface area contributed by atoms with Crippen molar-refractivity contribution in [2.24, 2.45) is 0 Å². The number of hydrogen-bond donors (Lipinski definition) is 1. The van der Waals surface area contributed by atoms with Gasteiger partial charge < -0.3 is 19.8 Å². The zero-order chi connectivity index (χ0) is 15.9. The van der Waals surface area contributed by atoms with Crippen molar-refractivity contribution in [3.05, 3.63) is 0 Å². The number of amides is 2. The molecule has 0 saturated carbocycles. The molecule has 0 aromatic carbocycles. The van der Waals surface area contributed by atoms with Crippen LogP contribution in [0.25, 0.3) is 0 Å². The molecule has 0 aliphatic rings. The Morgan fingerprint density at radius 3 is 1.95 bits per heavy atom. The molecule has 0 bridgehead atoms. The fourth-order valence-corrected chi connectivity index (χ4v) is 1.95. The molecule has 0 aliphatic heterocycles. The van der Waals surface area contributed by atoms with E-state index < -0.39 is 11.5 Å². The molecule has 0 aliphatic carbocycles. The van der Waals surface area contributed by atoms with Crippen molar-refractivity contribution in [2.45, 2.75) is 39.7 Å². The van der Waals surface area contributed by atoms with E-state index in [0.29, 0.717) is 19.6 Å². The van der Waals surface area contributed by atoms with Crippen LogP contribution in [-0.4, -0.2) is 77.6 Å². The van der Waals surface area contributed by atoms with Crippen molar-refractivity contribution in [3.63, 3.8) is 0 Å². The molecule has 0 unspecified atom stereocenters. The van der Waals surface area contributed by atoms with Gasteiger partial charge in [0.25, 0.3) is 0 Å². The van der Waals surface area contributed by atoms with Crippen LogP contribution in [0, 0.1) is 0 Å². The van der Waals surface area contributed by atoms with Crippen LogP contribution in [0.3, 0.4) is 0 Å². The fourth-order valence-electron chi connectivity index (χ4n) is 1.95. The highest BCUT2D eigenvalue weighted by Crippen LogP contribution is 2.17. The molecule has 0 fully saturated rings. The molecule has 0 aromatic rings. The van der Waals surface area contributed by atoms with Crippen LogP contribution in [0.4, 0.5) is 4.79 Å². The van der Waals surface area contributed by atoms with Gasteiger partial charge in [0.15, 0.2) is 0 Å². The number of likely N-dealkylation sites (N-methyl/N-ethyl adjacent to an activating group) is 2. The summed E-state index contributed by atoms with van der Waals surface area (Å²) in [4.78, 5) is 29.1. The largest absolute Gasteiger partial charge is 0.480 e. The van der Waals surface area contributed by atoms with E-state index in [4.69, 9.17) is 0 Å². The summed E-state index contributed by atoms with van der Waals surface area (Å²) in [5, 5.41) is 9.30. The summed E-state index contributed by atoms with van der Waals surface area (Å²) >= 11 is 0. The zero-order valence-electron chi connectivity index (χ0n) is 13.6. The normalized spacial score (nSPS) is 11.6. The van der Waals surface area contributed by atoms with Gasteiger partial charge in [0, 0.05) is 26.2 Å². The van der Waals surface area contributed by atoms with Crippen molar-refractivity contribution >= 4 is 12.0 Å². The van der Waals surface area contributed by atoms with E-state index in [2.05, 4.69) is 0 Å². The van der Waals surface area contributed by atoms with Gasteiger partial charge in [-0.2, -0.15) is 0 Å². The highest BCUT2D eigenvalue weighted by atomic mass is 16.4. The lowest BCUT2D eigenvalue weighted by atomic mass is 10.0. The summed E-state index contributed by atoms with van der Waals surface area (Å²) in [6, 6.07) is -0.205. The van der Waals surface area contributed by atoms with Gasteiger partial charge in [-0.15, -0.1) is 0 Å². The van der Waals surface area contributed by atoms with Crippen LogP contribution in [0.2, 0.25) is 0 Å². The topological polar surface area (TPSA) is 64.1 Å². The molecule has 118 valence electrons. The molecule has 0 spiro atoms. The smallest absolute Gasteiger partial charge is 0.329 e. The molecule has 0 heterocycles. The van der Waals surface area contributed by atoms with Crippen molar-refractivity contribution in [1.82, 2.24) is 14.7 Å². The van der Waals surface area contributed by atoms with Crippen molar-refractivity contribution in [3.8, 4) is 0 Å². The lowest BCUT2D eigenvalue weighted by Crippen LogP contribution is -2.57. The van der Waals surface area contributed by atoms with Crippen LogP contribution < -0.4 is 0 Å². The van der Waals surface area contributed by atoms with Gasteiger partial charge in [-0.05, 0) is 41.3 Å². The van der Waals surface area contributed by atoms with Crippen molar-refractivity contribution in [2.75, 3.05) is 40.3 Å². The predicted molar refractivity (Wildman–Crippen MR) is 79.9 cm³/mol. The molecule has 6 nitrogen and oxygen atoms in total. The van der Waals surface area contributed by atoms with E-state index in [1.54, 1.807) is 25.7 Å². The summed E-state index contributed by atoms with van der Waals surface area (Å²) in [6.45, 7) is 9.31. The lowest BCUT2D eigenvalue weighted by Gasteiger charge is -2.38. The van der Waals surface area contributed by atoms with Crippen LogP contribution in [0.15, 0.2) is 0 Å². The lowest BCUT2D eigenvalue weighted by molar-refractivity contribution is -0.147. The summed E-state index contributed by atoms with van der Waals surface area (Å²) in [5.41, 5.74) is -1.20. The third-order valence-corrected chi connectivity index (χ3v) is 3.33. The Morgan fingerprint density at radius 2 is 1.60 bits per heavy atom. The summed E-state index contributed by atoms with van der Waals surface area (Å²) in [6.07, 6.45) is 0.851. The minimum Gasteiger partial charge on any atom is -0.480 e. The average molecular weight is 287 g/mol. The number of nitrogens with zero attached hydrogens (tertiary/aromatic N) is 3. The molecule has 0 radical (unpaired) electrons. The average Bonchev–Trinajstić information content (AvgIpc) is 2.34. The van der Waals surface area contributed by atoms with Crippen LogP contribution in [0.1, 0.15) is 34.1 Å². The Labute approximate surface area is 122 Å². The highest BCUT2D eigenvalue weighted by Gasteiger charge is 2.38. The molecule has 1 N–H and O–H groups in total. The Kier molecular flexibility index (Phi) is 7.57. The minimum absolute atomic E-state index is 0.205. The molecule has 0 aromatic heterocycles. The van der Waals surface area contributed by atoms with E-state index in [1.807, 2.05) is 25.9 Å². The number of carboxylic acid groups (broad SMARTS) is 1. The summed E-state index contributed by atoms with van der Waals surface area (Å²) < 4.78 is 0. The Bertz CT molecular complexity index is 330. The second kappa shape index (κ2) is 8.09. The summed E-state index contributed by atoms with van der Waals surface area (Å²) in [7, 11) is 3.90. The van der Waals surface area contributed by atoms with E-state index in [1.165, 1.54) is 4.90 Å². The molecule has 0 rings (SSSR count). The first kappa shape index (κ1) is 18.7. The van der Waals surface area contributed by atoms with Crippen molar-refractivity contribution < 1.29 is 14.7 Å². The monoisotopic (exact) mass is 287 g/mol. The zero-order valence-corrected chi connectivity index (χ0v) is 13.6. The molecule has 0 atom stereocenters. The quantitative estimate of drug-likeness (QED) is 0.736. The van der Waals surface area contributed by atoms with Gasteiger partial charge in [-0.1, -0.05) is 6.92 Å². The summed E-state index contributed by atoms with van der Waals surface area (Å²) in [5.74, 6) is -0.989. The Balaban J connectivity index is 5.04. The van der Waals surface area contributed by atoms with E-state index in [9.17, 15) is 14.7 Å².